The fourth-order valence-electron chi connectivity index (χ4n) is 2.77. The van der Waals surface area contributed by atoms with Crippen LogP contribution < -0.4 is 10.9 Å². The van der Waals surface area contributed by atoms with Gasteiger partial charge in [0, 0.05) is 11.6 Å². The minimum Gasteiger partial charge on any atom is -0.324 e. The average Bonchev–Trinajstić information content (AvgIpc) is 2.68. The molecule has 3 rings (SSSR count). The summed E-state index contributed by atoms with van der Waals surface area (Å²) in [6.45, 7) is 3.34. The van der Waals surface area contributed by atoms with Gasteiger partial charge in [0.05, 0.1) is 16.9 Å². The zero-order valence-electron chi connectivity index (χ0n) is 15.7. The predicted octanol–water partition coefficient (Wildman–Crippen LogP) is 4.44. The first-order valence-corrected chi connectivity index (χ1v) is 8.81. The van der Waals surface area contributed by atoms with Gasteiger partial charge < -0.3 is 5.32 Å². The molecule has 0 aliphatic heterocycles. The van der Waals surface area contributed by atoms with Crippen LogP contribution in [0.15, 0.2) is 65.5 Å². The van der Waals surface area contributed by atoms with Gasteiger partial charge in [-0.1, -0.05) is 42.0 Å². The summed E-state index contributed by atoms with van der Waals surface area (Å²) >= 11 is 0. The van der Waals surface area contributed by atoms with Crippen LogP contribution in [0, 0.1) is 6.92 Å². The third-order valence-corrected chi connectivity index (χ3v) is 4.41. The van der Waals surface area contributed by atoms with Crippen molar-refractivity contribution in [1.82, 2.24) is 9.78 Å². The Morgan fingerprint density at radius 1 is 1.03 bits per heavy atom. The molecule has 1 aromatic heterocycles. The number of amides is 1. The quantitative estimate of drug-likeness (QED) is 0.703. The summed E-state index contributed by atoms with van der Waals surface area (Å²) < 4.78 is 40.4. The highest BCUT2D eigenvalue weighted by atomic mass is 19.4. The highest BCUT2D eigenvalue weighted by Gasteiger charge is 2.34. The van der Waals surface area contributed by atoms with Crippen LogP contribution in [-0.2, 0) is 11.0 Å². The summed E-state index contributed by atoms with van der Waals surface area (Å²) in [4.78, 5) is 24.8. The van der Waals surface area contributed by atoms with E-state index in [0.717, 1.165) is 27.9 Å². The van der Waals surface area contributed by atoms with E-state index in [1.54, 1.807) is 0 Å². The number of hydrogen-bond acceptors (Lipinski definition) is 3. The third-order valence-electron chi connectivity index (χ3n) is 4.41. The van der Waals surface area contributed by atoms with Crippen LogP contribution in [0.5, 0.6) is 0 Å². The maximum Gasteiger partial charge on any atom is 0.418 e. The zero-order valence-corrected chi connectivity index (χ0v) is 15.7. The molecule has 29 heavy (non-hydrogen) atoms. The number of nitrogens with one attached hydrogen (secondary N) is 1. The Labute approximate surface area is 164 Å². The summed E-state index contributed by atoms with van der Waals surface area (Å²) in [6, 6.07) is 13.8. The van der Waals surface area contributed by atoms with Crippen molar-refractivity contribution in [3.8, 4) is 11.3 Å². The molecule has 0 aliphatic rings. The molecule has 0 aliphatic carbocycles. The van der Waals surface area contributed by atoms with E-state index >= 15 is 0 Å². The monoisotopic (exact) mass is 401 g/mol. The van der Waals surface area contributed by atoms with E-state index in [1.165, 1.54) is 31.2 Å². The van der Waals surface area contributed by atoms with Gasteiger partial charge in [0.15, 0.2) is 0 Å². The number of rotatable bonds is 4. The second-order valence-corrected chi connectivity index (χ2v) is 6.58. The lowest BCUT2D eigenvalue weighted by Crippen LogP contribution is -2.33. The van der Waals surface area contributed by atoms with Crippen molar-refractivity contribution in [3.63, 3.8) is 0 Å². The van der Waals surface area contributed by atoms with Crippen molar-refractivity contribution >= 4 is 11.6 Å². The number of hydrogen-bond donors (Lipinski definition) is 1. The number of alkyl halides is 3. The van der Waals surface area contributed by atoms with Crippen LogP contribution in [-0.4, -0.2) is 15.7 Å². The SMILES string of the molecule is Cc1ccc(-c2ccc(=O)n([C@@H](C)C(=O)Nc3ccccc3C(F)(F)F)n2)cc1. The number of benzene rings is 2. The van der Waals surface area contributed by atoms with Gasteiger partial charge in [-0.2, -0.15) is 18.3 Å². The molecule has 150 valence electrons. The number of aryl methyl sites for hydroxylation is 1. The molecule has 0 bridgehead atoms. The van der Waals surface area contributed by atoms with E-state index in [9.17, 15) is 22.8 Å². The lowest BCUT2D eigenvalue weighted by molar-refractivity contribution is -0.137. The molecule has 5 nitrogen and oxygen atoms in total. The highest BCUT2D eigenvalue weighted by Crippen LogP contribution is 2.34. The van der Waals surface area contributed by atoms with E-state index in [1.807, 2.05) is 31.2 Å². The molecule has 0 saturated heterocycles. The van der Waals surface area contributed by atoms with Gasteiger partial charge in [-0.15, -0.1) is 0 Å². The summed E-state index contributed by atoms with van der Waals surface area (Å²) in [6.07, 6.45) is -4.62. The summed E-state index contributed by atoms with van der Waals surface area (Å²) in [5, 5.41) is 6.48. The topological polar surface area (TPSA) is 64.0 Å². The predicted molar refractivity (Wildman–Crippen MR) is 103 cm³/mol. The van der Waals surface area contributed by atoms with Crippen molar-refractivity contribution in [3.05, 3.63) is 82.1 Å². The average molecular weight is 401 g/mol. The van der Waals surface area contributed by atoms with Gasteiger partial charge in [0.25, 0.3) is 5.56 Å². The molecule has 1 N–H and O–H groups in total. The summed E-state index contributed by atoms with van der Waals surface area (Å²) in [5.74, 6) is -0.780. The maximum absolute atomic E-state index is 13.1. The summed E-state index contributed by atoms with van der Waals surface area (Å²) in [7, 11) is 0. The second kappa shape index (κ2) is 7.90. The Bertz CT molecular complexity index is 1090. The Morgan fingerprint density at radius 2 is 1.69 bits per heavy atom. The van der Waals surface area contributed by atoms with Crippen molar-refractivity contribution in [2.24, 2.45) is 0 Å². The zero-order chi connectivity index (χ0) is 21.2. The van der Waals surface area contributed by atoms with E-state index in [4.69, 9.17) is 0 Å². The number of aromatic nitrogens is 2. The molecule has 2 aromatic carbocycles. The molecule has 1 amide bonds. The largest absolute Gasteiger partial charge is 0.418 e. The van der Waals surface area contributed by atoms with Crippen LogP contribution >= 0.6 is 0 Å². The fraction of sp³-hybridized carbons (Fsp3) is 0.190. The number of halogens is 3. The number of nitrogens with zero attached hydrogens (tertiary/aromatic N) is 2. The molecule has 0 spiro atoms. The van der Waals surface area contributed by atoms with E-state index in [2.05, 4.69) is 10.4 Å². The number of carbonyl (C=O) groups excluding carboxylic acids is 1. The molecule has 0 unspecified atom stereocenters. The lowest BCUT2D eigenvalue weighted by Gasteiger charge is -2.17. The molecular formula is C21H18F3N3O2. The van der Waals surface area contributed by atoms with Crippen LogP contribution in [0.3, 0.4) is 0 Å². The minimum atomic E-state index is -4.62. The van der Waals surface area contributed by atoms with E-state index in [-0.39, 0.29) is 5.69 Å². The smallest absolute Gasteiger partial charge is 0.324 e. The second-order valence-electron chi connectivity index (χ2n) is 6.58. The lowest BCUT2D eigenvalue weighted by atomic mass is 10.1. The molecule has 0 fully saturated rings. The van der Waals surface area contributed by atoms with Gasteiger partial charge in [0.2, 0.25) is 5.91 Å². The fourth-order valence-corrected chi connectivity index (χ4v) is 2.77. The van der Waals surface area contributed by atoms with Gasteiger partial charge in [-0.25, -0.2) is 4.68 Å². The van der Waals surface area contributed by atoms with Crippen LogP contribution in [0.2, 0.25) is 0 Å². The number of anilines is 1. The Hall–Kier alpha value is -3.42. The molecular weight excluding hydrogens is 383 g/mol. The molecule has 8 heteroatoms. The number of carbonyl (C=O) groups is 1. The van der Waals surface area contributed by atoms with Gasteiger partial charge in [-0.3, -0.25) is 9.59 Å². The minimum absolute atomic E-state index is 0.375. The molecule has 0 saturated carbocycles. The van der Waals surface area contributed by atoms with E-state index < -0.39 is 29.2 Å². The van der Waals surface area contributed by atoms with Crippen molar-refractivity contribution < 1.29 is 18.0 Å². The molecule has 1 atom stereocenters. The molecule has 1 heterocycles. The maximum atomic E-state index is 13.1. The van der Waals surface area contributed by atoms with Gasteiger partial charge in [-0.05, 0) is 32.0 Å². The number of para-hydroxylation sites is 1. The van der Waals surface area contributed by atoms with Crippen molar-refractivity contribution in [2.75, 3.05) is 5.32 Å². The summed E-state index contributed by atoms with van der Waals surface area (Å²) in [5.41, 5.74) is 0.402. The first-order valence-electron chi connectivity index (χ1n) is 8.81. The Morgan fingerprint density at radius 3 is 2.34 bits per heavy atom. The van der Waals surface area contributed by atoms with Crippen molar-refractivity contribution in [1.29, 1.82) is 0 Å². The Balaban J connectivity index is 1.90. The molecule has 3 aromatic rings. The standard InChI is InChI=1S/C21H18F3N3O2/c1-13-7-9-15(10-8-13)17-11-12-19(28)27(26-17)14(2)20(29)25-18-6-4-3-5-16(18)21(22,23)24/h3-12,14H,1-2H3,(H,25,29)/t14-/m0/s1. The van der Waals surface area contributed by atoms with Crippen LogP contribution in [0.4, 0.5) is 18.9 Å². The van der Waals surface area contributed by atoms with Crippen molar-refractivity contribution in [2.45, 2.75) is 26.1 Å². The third kappa shape index (κ3) is 4.53. The Kier molecular flexibility index (Phi) is 5.54. The van der Waals surface area contributed by atoms with Crippen LogP contribution in [0.25, 0.3) is 11.3 Å². The first kappa shape index (κ1) is 20.3. The van der Waals surface area contributed by atoms with E-state index in [0.29, 0.717) is 5.69 Å². The highest BCUT2D eigenvalue weighted by molar-refractivity contribution is 5.94. The van der Waals surface area contributed by atoms with Gasteiger partial charge in [0.1, 0.15) is 6.04 Å². The first-order chi connectivity index (χ1) is 13.7. The van der Waals surface area contributed by atoms with Gasteiger partial charge >= 0.3 is 6.18 Å². The molecule has 0 radical (unpaired) electrons. The van der Waals surface area contributed by atoms with Crippen LogP contribution in [0.1, 0.15) is 24.1 Å². The normalized spacial score (nSPS) is 12.4.